The highest BCUT2D eigenvalue weighted by Crippen LogP contribution is 2.27. The Hall–Kier alpha value is -1.47. The summed E-state index contributed by atoms with van der Waals surface area (Å²) in [6, 6.07) is 11.9. The van der Waals surface area contributed by atoms with Crippen LogP contribution in [0.4, 0.5) is 0 Å². The highest BCUT2D eigenvalue weighted by molar-refractivity contribution is 7.99. The Kier molecular flexibility index (Phi) is 8.07. The predicted octanol–water partition coefficient (Wildman–Crippen LogP) is 5.03. The number of hydrogen-bond donors (Lipinski definition) is 0. The molecule has 3 rings (SSSR count). The third kappa shape index (κ3) is 6.25. The molecule has 0 aliphatic carbocycles. The van der Waals surface area contributed by atoms with Crippen LogP contribution in [0.25, 0.3) is 21.9 Å². The lowest BCUT2D eigenvalue weighted by atomic mass is 10.1. The average molecular weight is 431 g/mol. The first-order valence-electron chi connectivity index (χ1n) is 10.00. The van der Waals surface area contributed by atoms with Gasteiger partial charge >= 0.3 is 0 Å². The van der Waals surface area contributed by atoms with E-state index >= 15 is 0 Å². The second kappa shape index (κ2) is 10.5. The first-order chi connectivity index (χ1) is 13.9. The van der Waals surface area contributed by atoms with Crippen LogP contribution in [0, 0.1) is 0 Å². The molecule has 2 aromatic carbocycles. The number of benzene rings is 2. The second-order valence-corrected chi connectivity index (χ2v) is 10.1. The molecule has 0 radical (unpaired) electrons. The monoisotopic (exact) mass is 430 g/mol. The normalized spacial score (nSPS) is 11.9. The molecule has 1 aromatic heterocycles. The van der Waals surface area contributed by atoms with Crippen LogP contribution in [0.2, 0.25) is 0 Å². The Labute approximate surface area is 181 Å². The van der Waals surface area contributed by atoms with Gasteiger partial charge in [-0.15, -0.1) is 23.5 Å². The number of thioether (sulfide) groups is 2. The SMILES string of the molecule is CN(C)CCCSc1ccc2oc3ccc(SCCCN(C)C)cc3c(=O)c2c1. The molecule has 0 bridgehead atoms. The van der Waals surface area contributed by atoms with Crippen LogP contribution < -0.4 is 5.43 Å². The summed E-state index contributed by atoms with van der Waals surface area (Å²) >= 11 is 3.59. The molecule has 0 amide bonds. The van der Waals surface area contributed by atoms with Gasteiger partial charge in [-0.3, -0.25) is 4.79 Å². The Bertz CT molecular complexity index is 938. The van der Waals surface area contributed by atoms with E-state index in [1.807, 2.05) is 36.4 Å². The first kappa shape index (κ1) is 22.2. The molecule has 0 spiro atoms. The van der Waals surface area contributed by atoms with E-state index in [9.17, 15) is 4.79 Å². The Morgan fingerprint density at radius 1 is 0.759 bits per heavy atom. The summed E-state index contributed by atoms with van der Waals surface area (Å²) in [6.45, 7) is 2.14. The minimum absolute atomic E-state index is 0.0627. The van der Waals surface area contributed by atoms with Crippen LogP contribution in [0.1, 0.15) is 12.8 Å². The van der Waals surface area contributed by atoms with Crippen molar-refractivity contribution >= 4 is 45.5 Å². The lowest BCUT2D eigenvalue weighted by Crippen LogP contribution is -2.13. The van der Waals surface area contributed by atoms with Gasteiger partial charge in [0, 0.05) is 9.79 Å². The molecule has 1 heterocycles. The highest BCUT2D eigenvalue weighted by Gasteiger charge is 2.10. The quantitative estimate of drug-likeness (QED) is 0.255. The molecule has 0 saturated heterocycles. The number of fused-ring (bicyclic) bond motifs is 2. The van der Waals surface area contributed by atoms with Gasteiger partial charge in [-0.2, -0.15) is 0 Å². The molecule has 0 atom stereocenters. The third-order valence-corrected chi connectivity index (χ3v) is 6.81. The van der Waals surface area contributed by atoms with Crippen molar-refractivity contribution in [3.63, 3.8) is 0 Å². The number of hydrogen-bond acceptors (Lipinski definition) is 6. The van der Waals surface area contributed by atoms with Gasteiger partial charge in [-0.25, -0.2) is 0 Å². The summed E-state index contributed by atoms with van der Waals surface area (Å²) in [6.07, 6.45) is 2.24. The summed E-state index contributed by atoms with van der Waals surface area (Å²) in [5.74, 6) is 2.08. The van der Waals surface area contributed by atoms with E-state index in [-0.39, 0.29) is 5.43 Å². The van der Waals surface area contributed by atoms with Crippen molar-refractivity contribution in [2.75, 3.05) is 52.8 Å². The van der Waals surface area contributed by atoms with Crippen LogP contribution in [-0.4, -0.2) is 62.6 Å². The summed E-state index contributed by atoms with van der Waals surface area (Å²) in [5, 5.41) is 1.34. The zero-order valence-electron chi connectivity index (χ0n) is 17.7. The molecule has 0 unspecified atom stereocenters. The van der Waals surface area contributed by atoms with E-state index in [2.05, 4.69) is 38.0 Å². The van der Waals surface area contributed by atoms with Gasteiger partial charge in [0.1, 0.15) is 11.2 Å². The van der Waals surface area contributed by atoms with Crippen LogP contribution in [0.5, 0.6) is 0 Å². The molecule has 0 N–H and O–H groups in total. The molecule has 29 heavy (non-hydrogen) atoms. The fourth-order valence-corrected chi connectivity index (χ4v) is 4.88. The van der Waals surface area contributed by atoms with Gasteiger partial charge in [0.25, 0.3) is 0 Å². The maximum Gasteiger partial charge on any atom is 0.200 e. The Morgan fingerprint density at radius 3 is 1.62 bits per heavy atom. The van der Waals surface area contributed by atoms with Crippen LogP contribution >= 0.6 is 23.5 Å². The van der Waals surface area contributed by atoms with E-state index in [1.54, 1.807) is 23.5 Å². The largest absolute Gasteiger partial charge is 0.456 e. The molecule has 0 fully saturated rings. The minimum atomic E-state index is 0.0627. The lowest BCUT2D eigenvalue weighted by Gasteiger charge is -2.09. The van der Waals surface area contributed by atoms with Crippen molar-refractivity contribution in [3.05, 3.63) is 46.6 Å². The van der Waals surface area contributed by atoms with E-state index in [4.69, 9.17) is 4.42 Å². The van der Waals surface area contributed by atoms with Crippen molar-refractivity contribution in [1.29, 1.82) is 0 Å². The maximum absolute atomic E-state index is 13.1. The Balaban J connectivity index is 1.79. The van der Waals surface area contributed by atoms with Crippen LogP contribution in [-0.2, 0) is 0 Å². The van der Waals surface area contributed by atoms with E-state index in [0.29, 0.717) is 21.9 Å². The summed E-state index contributed by atoms with van der Waals surface area (Å²) in [7, 11) is 8.36. The zero-order chi connectivity index (χ0) is 20.8. The van der Waals surface area contributed by atoms with Crippen LogP contribution in [0.15, 0.2) is 55.4 Å². The van der Waals surface area contributed by atoms with Crippen LogP contribution in [0.3, 0.4) is 0 Å². The zero-order valence-corrected chi connectivity index (χ0v) is 19.4. The topological polar surface area (TPSA) is 36.7 Å². The average Bonchev–Trinajstić information content (AvgIpc) is 2.69. The number of nitrogens with zero attached hydrogens (tertiary/aromatic N) is 2. The van der Waals surface area contributed by atoms with E-state index in [0.717, 1.165) is 47.2 Å². The van der Waals surface area contributed by atoms with E-state index < -0.39 is 0 Å². The smallest absolute Gasteiger partial charge is 0.200 e. The van der Waals surface area contributed by atoms with Gasteiger partial charge in [-0.1, -0.05) is 0 Å². The van der Waals surface area contributed by atoms with Gasteiger partial charge in [0.15, 0.2) is 0 Å². The fourth-order valence-electron chi connectivity index (χ4n) is 3.14. The molecule has 0 aliphatic heterocycles. The summed E-state index contributed by atoms with van der Waals surface area (Å²) in [4.78, 5) is 19.8. The second-order valence-electron chi connectivity index (χ2n) is 7.76. The molecular weight excluding hydrogens is 400 g/mol. The van der Waals surface area contributed by atoms with Gasteiger partial charge in [0.2, 0.25) is 5.43 Å². The molecular formula is C23H30N2O2S2. The number of rotatable bonds is 10. The van der Waals surface area contributed by atoms with Crippen molar-refractivity contribution < 1.29 is 4.42 Å². The van der Waals surface area contributed by atoms with E-state index in [1.165, 1.54) is 0 Å². The fraction of sp³-hybridized carbons (Fsp3) is 0.435. The third-order valence-electron chi connectivity index (χ3n) is 4.65. The summed E-state index contributed by atoms with van der Waals surface area (Å²) in [5.41, 5.74) is 1.38. The van der Waals surface area contributed by atoms with Gasteiger partial charge in [-0.05, 0) is 102 Å². The Morgan fingerprint density at radius 2 is 1.21 bits per heavy atom. The standard InChI is InChI=1S/C23H30N2O2S2/c1-24(2)11-5-13-28-17-7-9-21-19(15-17)23(26)20-16-18(8-10-22(20)27-21)29-14-6-12-25(3)4/h7-10,15-16H,5-6,11-14H2,1-4H3. The molecule has 4 nitrogen and oxygen atoms in total. The predicted molar refractivity (Wildman–Crippen MR) is 128 cm³/mol. The molecule has 0 aliphatic rings. The summed E-state index contributed by atoms with van der Waals surface area (Å²) < 4.78 is 6.02. The van der Waals surface area contributed by atoms with Crippen molar-refractivity contribution in [1.82, 2.24) is 9.80 Å². The van der Waals surface area contributed by atoms with Gasteiger partial charge in [0.05, 0.1) is 10.8 Å². The highest BCUT2D eigenvalue weighted by atomic mass is 32.2. The van der Waals surface area contributed by atoms with Crippen molar-refractivity contribution in [2.24, 2.45) is 0 Å². The minimum Gasteiger partial charge on any atom is -0.456 e. The molecule has 3 aromatic rings. The lowest BCUT2D eigenvalue weighted by molar-refractivity contribution is 0.410. The molecule has 0 saturated carbocycles. The van der Waals surface area contributed by atoms with Crippen molar-refractivity contribution in [3.8, 4) is 0 Å². The van der Waals surface area contributed by atoms with Crippen molar-refractivity contribution in [2.45, 2.75) is 22.6 Å². The van der Waals surface area contributed by atoms with Gasteiger partial charge < -0.3 is 14.2 Å². The first-order valence-corrected chi connectivity index (χ1v) is 12.0. The molecule has 6 heteroatoms. The maximum atomic E-state index is 13.1. The molecule has 156 valence electrons.